The molecule has 0 fully saturated rings. The topological polar surface area (TPSA) is 77.1 Å². The molecule has 0 aliphatic heterocycles. The van der Waals surface area contributed by atoms with Gasteiger partial charge >= 0.3 is 0 Å². The number of amides is 2. The normalized spacial score (nSPS) is 11.5. The van der Waals surface area contributed by atoms with E-state index < -0.39 is 6.04 Å². The molecule has 1 atom stereocenters. The first-order valence-corrected chi connectivity index (χ1v) is 10.3. The number of benzene rings is 2. The largest absolute Gasteiger partial charge is 0.496 e. The van der Waals surface area contributed by atoms with Gasteiger partial charge in [0.15, 0.2) is 6.61 Å². The number of ether oxygens (including phenoxy) is 3. The zero-order chi connectivity index (χ0) is 22.8. The van der Waals surface area contributed by atoms with E-state index in [1.807, 2.05) is 44.2 Å². The van der Waals surface area contributed by atoms with Gasteiger partial charge < -0.3 is 24.4 Å². The summed E-state index contributed by atoms with van der Waals surface area (Å²) in [5, 5.41) is 2.90. The van der Waals surface area contributed by atoms with E-state index in [9.17, 15) is 9.59 Å². The number of carbonyl (C=O) groups excluding carboxylic acids is 2. The molecule has 0 bridgehead atoms. The van der Waals surface area contributed by atoms with Crippen molar-refractivity contribution in [3.8, 4) is 17.2 Å². The molecular weight excluding hydrogens is 396 g/mol. The van der Waals surface area contributed by atoms with Crippen LogP contribution in [0.4, 0.5) is 0 Å². The molecule has 0 aromatic heterocycles. The molecule has 2 aromatic carbocycles. The Morgan fingerprint density at radius 1 is 0.935 bits per heavy atom. The minimum absolute atomic E-state index is 0.193. The summed E-state index contributed by atoms with van der Waals surface area (Å²) in [7, 11) is 3.09. The Hall–Kier alpha value is -3.22. The zero-order valence-corrected chi connectivity index (χ0v) is 18.9. The third-order valence-electron chi connectivity index (χ3n) is 4.73. The van der Waals surface area contributed by atoms with Gasteiger partial charge in [-0.1, -0.05) is 44.2 Å². The second-order valence-corrected chi connectivity index (χ2v) is 7.66. The van der Waals surface area contributed by atoms with Gasteiger partial charge in [0.2, 0.25) is 5.91 Å². The number of methoxy groups -OCH3 is 2. The Kier molecular flexibility index (Phi) is 9.18. The average molecular weight is 429 g/mol. The molecule has 0 unspecified atom stereocenters. The molecule has 2 rings (SSSR count). The Balaban J connectivity index is 2.14. The fraction of sp³-hybridized carbons (Fsp3) is 0.417. The van der Waals surface area contributed by atoms with Crippen LogP contribution in [0.15, 0.2) is 48.5 Å². The molecule has 7 nitrogen and oxygen atoms in total. The smallest absolute Gasteiger partial charge is 0.261 e. The van der Waals surface area contributed by atoms with Crippen molar-refractivity contribution in [1.29, 1.82) is 0 Å². The van der Waals surface area contributed by atoms with E-state index in [4.69, 9.17) is 14.2 Å². The van der Waals surface area contributed by atoms with E-state index in [-0.39, 0.29) is 18.4 Å². The second kappa shape index (κ2) is 11.8. The summed E-state index contributed by atoms with van der Waals surface area (Å²) in [4.78, 5) is 27.2. The first-order valence-electron chi connectivity index (χ1n) is 10.3. The molecule has 168 valence electrons. The lowest BCUT2D eigenvalue weighted by Crippen LogP contribution is -2.49. The maximum Gasteiger partial charge on any atom is 0.261 e. The lowest BCUT2D eigenvalue weighted by molar-refractivity contribution is -0.142. The predicted octanol–water partition coefficient (Wildman–Crippen LogP) is 3.27. The van der Waals surface area contributed by atoms with Gasteiger partial charge in [-0.15, -0.1) is 0 Å². The molecule has 0 saturated heterocycles. The number of nitrogens with one attached hydrogen (secondary N) is 1. The fourth-order valence-electron chi connectivity index (χ4n) is 2.91. The van der Waals surface area contributed by atoms with Crippen LogP contribution in [0, 0.1) is 5.92 Å². The van der Waals surface area contributed by atoms with Gasteiger partial charge in [-0.3, -0.25) is 9.59 Å². The van der Waals surface area contributed by atoms with E-state index in [0.717, 1.165) is 5.56 Å². The van der Waals surface area contributed by atoms with Crippen molar-refractivity contribution in [3.63, 3.8) is 0 Å². The van der Waals surface area contributed by atoms with Crippen LogP contribution in [0.1, 0.15) is 26.3 Å². The first-order chi connectivity index (χ1) is 14.8. The molecule has 0 heterocycles. The minimum Gasteiger partial charge on any atom is -0.496 e. The lowest BCUT2D eigenvalue weighted by Gasteiger charge is -2.29. The highest BCUT2D eigenvalue weighted by Gasteiger charge is 2.26. The van der Waals surface area contributed by atoms with Crippen molar-refractivity contribution < 1.29 is 23.8 Å². The Morgan fingerprint density at radius 3 is 2.06 bits per heavy atom. The highest BCUT2D eigenvalue weighted by atomic mass is 16.5. The summed E-state index contributed by atoms with van der Waals surface area (Å²) in [5.74, 6) is 1.40. The van der Waals surface area contributed by atoms with Crippen molar-refractivity contribution in [2.45, 2.75) is 33.4 Å². The van der Waals surface area contributed by atoms with Crippen LogP contribution in [0.25, 0.3) is 0 Å². The van der Waals surface area contributed by atoms with Gasteiger partial charge in [0, 0.05) is 31.3 Å². The Morgan fingerprint density at radius 2 is 1.52 bits per heavy atom. The van der Waals surface area contributed by atoms with Gasteiger partial charge in [0.25, 0.3) is 5.91 Å². The van der Waals surface area contributed by atoms with E-state index >= 15 is 0 Å². The lowest BCUT2D eigenvalue weighted by atomic mass is 10.1. The first kappa shape index (κ1) is 24.1. The molecule has 0 aliphatic rings. The van der Waals surface area contributed by atoms with Crippen LogP contribution in [-0.4, -0.2) is 50.1 Å². The maximum atomic E-state index is 13.1. The van der Waals surface area contributed by atoms with Gasteiger partial charge in [-0.25, -0.2) is 0 Å². The summed E-state index contributed by atoms with van der Waals surface area (Å²) in [6.07, 6.45) is 0. The molecule has 1 N–H and O–H groups in total. The number of hydrogen-bond acceptors (Lipinski definition) is 5. The number of hydrogen-bond donors (Lipinski definition) is 1. The molecule has 2 amide bonds. The molecule has 0 aliphatic carbocycles. The summed E-state index contributed by atoms with van der Waals surface area (Å²) in [6.45, 7) is 6.41. The summed E-state index contributed by atoms with van der Waals surface area (Å²) in [5.41, 5.74) is 0.933. The van der Waals surface area contributed by atoms with Crippen LogP contribution >= 0.6 is 0 Å². The summed E-state index contributed by atoms with van der Waals surface area (Å²) < 4.78 is 16.2. The van der Waals surface area contributed by atoms with E-state index in [0.29, 0.717) is 36.3 Å². The van der Waals surface area contributed by atoms with Gasteiger partial charge in [-0.2, -0.15) is 0 Å². The van der Waals surface area contributed by atoms with Gasteiger partial charge in [0.1, 0.15) is 23.3 Å². The van der Waals surface area contributed by atoms with Crippen LogP contribution in [0.3, 0.4) is 0 Å². The predicted molar refractivity (Wildman–Crippen MR) is 119 cm³/mol. The Bertz CT molecular complexity index is 832. The number of nitrogens with zero attached hydrogens (tertiary/aromatic N) is 1. The van der Waals surface area contributed by atoms with Crippen LogP contribution in [0.2, 0.25) is 0 Å². The summed E-state index contributed by atoms with van der Waals surface area (Å²) >= 11 is 0. The van der Waals surface area contributed by atoms with Crippen LogP contribution in [0.5, 0.6) is 17.2 Å². The molecular formula is C24H32N2O5. The quantitative estimate of drug-likeness (QED) is 0.594. The van der Waals surface area contributed by atoms with Crippen LogP contribution < -0.4 is 19.5 Å². The van der Waals surface area contributed by atoms with E-state index in [1.54, 1.807) is 39.3 Å². The number of rotatable bonds is 11. The summed E-state index contributed by atoms with van der Waals surface area (Å²) in [6, 6.07) is 14.0. The zero-order valence-electron chi connectivity index (χ0n) is 18.9. The third-order valence-corrected chi connectivity index (χ3v) is 4.73. The highest BCUT2D eigenvalue weighted by Crippen LogP contribution is 2.27. The van der Waals surface area contributed by atoms with Crippen molar-refractivity contribution >= 4 is 11.8 Å². The van der Waals surface area contributed by atoms with Crippen molar-refractivity contribution in [1.82, 2.24) is 10.2 Å². The molecule has 0 spiro atoms. The molecule has 31 heavy (non-hydrogen) atoms. The Labute approximate surface area is 184 Å². The number of carbonyl (C=O) groups is 2. The monoisotopic (exact) mass is 428 g/mol. The van der Waals surface area contributed by atoms with Crippen LogP contribution in [-0.2, 0) is 16.1 Å². The van der Waals surface area contributed by atoms with Gasteiger partial charge in [-0.05, 0) is 18.4 Å². The van der Waals surface area contributed by atoms with E-state index in [1.165, 1.54) is 4.90 Å². The van der Waals surface area contributed by atoms with Crippen molar-refractivity contribution in [3.05, 3.63) is 54.1 Å². The third kappa shape index (κ3) is 7.51. The average Bonchev–Trinajstić information content (AvgIpc) is 2.79. The standard InChI is InChI=1S/C24H32N2O5/c1-17(2)14-25-24(28)18(3)26(15-19-9-7-6-8-10-19)23(27)16-31-22-12-20(29-4)11-21(13-22)30-5/h6-13,17-18H,14-16H2,1-5H3,(H,25,28)/t18-/m1/s1. The fourth-order valence-corrected chi connectivity index (χ4v) is 2.91. The SMILES string of the molecule is COc1cc(OC)cc(OCC(=O)N(Cc2ccccc2)[C@H](C)C(=O)NCC(C)C)c1. The molecule has 2 aromatic rings. The molecule has 0 radical (unpaired) electrons. The maximum absolute atomic E-state index is 13.1. The highest BCUT2D eigenvalue weighted by molar-refractivity contribution is 5.88. The second-order valence-electron chi connectivity index (χ2n) is 7.66. The molecule has 7 heteroatoms. The van der Waals surface area contributed by atoms with E-state index in [2.05, 4.69) is 5.32 Å². The molecule has 0 saturated carbocycles. The van der Waals surface area contributed by atoms with Crippen molar-refractivity contribution in [2.75, 3.05) is 27.4 Å². The minimum atomic E-state index is -0.644. The van der Waals surface area contributed by atoms with Crippen molar-refractivity contribution in [2.24, 2.45) is 5.92 Å². The van der Waals surface area contributed by atoms with Gasteiger partial charge in [0.05, 0.1) is 14.2 Å².